The van der Waals surface area contributed by atoms with Gasteiger partial charge in [0, 0.05) is 6.07 Å². The maximum Gasteiger partial charge on any atom is 0.162 e. The highest BCUT2D eigenvalue weighted by atomic mass is 16.5. The van der Waals surface area contributed by atoms with Crippen molar-refractivity contribution in [3.63, 3.8) is 0 Å². The van der Waals surface area contributed by atoms with Gasteiger partial charge in [-0.15, -0.1) is 0 Å². The molecule has 1 N–H and O–H groups in total. The highest BCUT2D eigenvalue weighted by molar-refractivity contribution is 5.52. The number of nitrogens with zero attached hydrogens (tertiary/aromatic N) is 3. The van der Waals surface area contributed by atoms with Crippen LogP contribution in [0.15, 0.2) is 52.7 Å². The van der Waals surface area contributed by atoms with Crippen LogP contribution >= 0.6 is 0 Å². The van der Waals surface area contributed by atoms with Gasteiger partial charge in [0.1, 0.15) is 6.61 Å². The smallest absolute Gasteiger partial charge is 0.162 e. The zero-order valence-corrected chi connectivity index (χ0v) is 12.1. The molecule has 0 unspecified atom stereocenters. The topological polar surface area (TPSA) is 87.2 Å². The SMILES string of the molecule is COc1cc(N=Nc2ccc(C#N)cc2)ccc1OCCO. The monoisotopic (exact) mass is 297 g/mol. The van der Waals surface area contributed by atoms with Crippen LogP contribution in [-0.4, -0.2) is 25.4 Å². The van der Waals surface area contributed by atoms with Crippen LogP contribution in [0.2, 0.25) is 0 Å². The summed E-state index contributed by atoms with van der Waals surface area (Å²) in [4.78, 5) is 0. The third-order valence-corrected chi connectivity index (χ3v) is 2.77. The predicted molar refractivity (Wildman–Crippen MR) is 80.9 cm³/mol. The van der Waals surface area contributed by atoms with Gasteiger partial charge in [0.15, 0.2) is 11.5 Å². The molecule has 22 heavy (non-hydrogen) atoms. The Labute approximate surface area is 128 Å². The molecule has 0 aliphatic carbocycles. The standard InChI is InChI=1S/C16H15N3O3/c1-21-16-10-14(6-7-15(16)22-9-8-20)19-18-13-4-2-12(11-17)3-5-13/h2-7,10,20H,8-9H2,1H3. The average molecular weight is 297 g/mol. The van der Waals surface area contributed by atoms with Crippen molar-refractivity contribution in [3.8, 4) is 17.6 Å². The van der Waals surface area contributed by atoms with E-state index in [-0.39, 0.29) is 13.2 Å². The number of benzene rings is 2. The predicted octanol–water partition coefficient (Wildman–Crippen LogP) is 3.35. The Bertz CT molecular complexity index is 691. The third kappa shape index (κ3) is 4.04. The Morgan fingerprint density at radius 2 is 1.73 bits per heavy atom. The Morgan fingerprint density at radius 3 is 2.36 bits per heavy atom. The maximum absolute atomic E-state index is 8.77. The molecule has 6 heteroatoms. The summed E-state index contributed by atoms with van der Waals surface area (Å²) < 4.78 is 10.6. The minimum atomic E-state index is -0.0662. The third-order valence-electron chi connectivity index (χ3n) is 2.77. The molecule has 0 heterocycles. The molecule has 6 nitrogen and oxygen atoms in total. The Kier molecular flexibility index (Phi) is 5.46. The van der Waals surface area contributed by atoms with E-state index in [0.717, 1.165) is 0 Å². The van der Waals surface area contributed by atoms with Crippen molar-refractivity contribution in [2.24, 2.45) is 10.2 Å². The molecule has 0 fully saturated rings. The van der Waals surface area contributed by atoms with Crippen LogP contribution < -0.4 is 9.47 Å². The second-order valence-electron chi connectivity index (χ2n) is 4.27. The molecule has 0 atom stereocenters. The van der Waals surface area contributed by atoms with Crippen LogP contribution in [0, 0.1) is 11.3 Å². The van der Waals surface area contributed by atoms with E-state index in [4.69, 9.17) is 19.8 Å². The number of methoxy groups -OCH3 is 1. The van der Waals surface area contributed by atoms with Gasteiger partial charge in [-0.25, -0.2) is 0 Å². The summed E-state index contributed by atoms with van der Waals surface area (Å²) in [7, 11) is 1.53. The van der Waals surface area contributed by atoms with Gasteiger partial charge < -0.3 is 14.6 Å². The lowest BCUT2D eigenvalue weighted by Crippen LogP contribution is -2.02. The Hall–Kier alpha value is -2.91. The van der Waals surface area contributed by atoms with E-state index in [9.17, 15) is 0 Å². The zero-order chi connectivity index (χ0) is 15.8. The van der Waals surface area contributed by atoms with Crippen LogP contribution in [0.4, 0.5) is 11.4 Å². The maximum atomic E-state index is 8.77. The van der Waals surface area contributed by atoms with Crippen molar-refractivity contribution in [3.05, 3.63) is 48.0 Å². The molecule has 0 saturated carbocycles. The lowest BCUT2D eigenvalue weighted by Gasteiger charge is -2.09. The van der Waals surface area contributed by atoms with Gasteiger partial charge in [0.25, 0.3) is 0 Å². The van der Waals surface area contributed by atoms with E-state index < -0.39 is 0 Å². The molecule has 2 aromatic rings. The fraction of sp³-hybridized carbons (Fsp3) is 0.188. The highest BCUT2D eigenvalue weighted by Crippen LogP contribution is 2.32. The van der Waals surface area contributed by atoms with Crippen molar-refractivity contribution in [2.45, 2.75) is 0 Å². The number of nitriles is 1. The van der Waals surface area contributed by atoms with Gasteiger partial charge in [-0.2, -0.15) is 15.5 Å². The number of ether oxygens (including phenoxy) is 2. The van der Waals surface area contributed by atoms with E-state index in [2.05, 4.69) is 10.2 Å². The largest absolute Gasteiger partial charge is 0.493 e. The van der Waals surface area contributed by atoms with Gasteiger partial charge in [-0.05, 0) is 36.4 Å². The van der Waals surface area contributed by atoms with Crippen LogP contribution in [0.5, 0.6) is 11.5 Å². The molecular weight excluding hydrogens is 282 g/mol. The fourth-order valence-corrected chi connectivity index (χ4v) is 1.71. The minimum absolute atomic E-state index is 0.0662. The highest BCUT2D eigenvalue weighted by Gasteiger charge is 2.05. The average Bonchev–Trinajstić information content (AvgIpc) is 2.58. The quantitative estimate of drug-likeness (QED) is 0.828. The van der Waals surface area contributed by atoms with Gasteiger partial charge in [0.2, 0.25) is 0 Å². The zero-order valence-electron chi connectivity index (χ0n) is 12.1. The summed E-state index contributed by atoms with van der Waals surface area (Å²) in [5.74, 6) is 1.05. The minimum Gasteiger partial charge on any atom is -0.493 e. The lowest BCUT2D eigenvalue weighted by atomic mass is 10.2. The van der Waals surface area contributed by atoms with Gasteiger partial charge in [0.05, 0.1) is 36.7 Å². The number of azo groups is 1. The summed E-state index contributed by atoms with van der Waals surface area (Å²) in [5, 5.41) is 25.7. The van der Waals surface area contributed by atoms with Crippen molar-refractivity contribution in [1.82, 2.24) is 0 Å². The number of hydrogen-bond donors (Lipinski definition) is 1. The normalized spacial score (nSPS) is 10.4. The Morgan fingerprint density at radius 1 is 1.05 bits per heavy atom. The lowest BCUT2D eigenvalue weighted by molar-refractivity contribution is 0.196. The Balaban J connectivity index is 2.14. The first-order chi connectivity index (χ1) is 10.8. The van der Waals surface area contributed by atoms with E-state index in [1.54, 1.807) is 42.5 Å². The second kappa shape index (κ2) is 7.76. The molecule has 0 aliphatic rings. The first-order valence-corrected chi connectivity index (χ1v) is 6.60. The van der Waals surface area contributed by atoms with Crippen molar-refractivity contribution < 1.29 is 14.6 Å². The van der Waals surface area contributed by atoms with Crippen LogP contribution in [-0.2, 0) is 0 Å². The first kappa shape index (κ1) is 15.5. The van der Waals surface area contributed by atoms with E-state index in [1.165, 1.54) is 7.11 Å². The molecule has 112 valence electrons. The number of hydrogen-bond acceptors (Lipinski definition) is 6. The summed E-state index contributed by atoms with van der Waals surface area (Å²) in [6, 6.07) is 14.0. The fourth-order valence-electron chi connectivity index (χ4n) is 1.71. The molecule has 0 spiro atoms. The summed E-state index contributed by atoms with van der Waals surface area (Å²) in [6.45, 7) is 0.131. The molecule has 0 aliphatic heterocycles. The van der Waals surface area contributed by atoms with E-state index in [0.29, 0.717) is 28.4 Å². The van der Waals surface area contributed by atoms with Crippen LogP contribution in [0.3, 0.4) is 0 Å². The summed E-state index contributed by atoms with van der Waals surface area (Å²) in [5.41, 5.74) is 1.84. The summed E-state index contributed by atoms with van der Waals surface area (Å²) >= 11 is 0. The van der Waals surface area contributed by atoms with E-state index >= 15 is 0 Å². The summed E-state index contributed by atoms with van der Waals surface area (Å²) in [6.07, 6.45) is 0. The second-order valence-corrected chi connectivity index (χ2v) is 4.27. The number of rotatable bonds is 6. The number of aliphatic hydroxyl groups excluding tert-OH is 1. The molecule has 0 radical (unpaired) electrons. The van der Waals surface area contributed by atoms with Crippen LogP contribution in [0.1, 0.15) is 5.56 Å². The molecule has 2 rings (SSSR count). The van der Waals surface area contributed by atoms with Crippen molar-refractivity contribution >= 4 is 11.4 Å². The van der Waals surface area contributed by atoms with Crippen molar-refractivity contribution in [1.29, 1.82) is 5.26 Å². The molecule has 2 aromatic carbocycles. The molecule has 0 aromatic heterocycles. The molecule has 0 amide bonds. The molecule has 0 saturated heterocycles. The van der Waals surface area contributed by atoms with Crippen molar-refractivity contribution in [2.75, 3.05) is 20.3 Å². The van der Waals surface area contributed by atoms with Crippen LogP contribution in [0.25, 0.3) is 0 Å². The van der Waals surface area contributed by atoms with Gasteiger partial charge in [-0.3, -0.25) is 0 Å². The van der Waals surface area contributed by atoms with E-state index in [1.807, 2.05) is 6.07 Å². The van der Waals surface area contributed by atoms with Gasteiger partial charge in [-0.1, -0.05) is 0 Å². The molecular formula is C16H15N3O3. The first-order valence-electron chi connectivity index (χ1n) is 6.60. The molecule has 0 bridgehead atoms. The van der Waals surface area contributed by atoms with Gasteiger partial charge >= 0.3 is 0 Å². The number of aliphatic hydroxyl groups is 1.